The number of aliphatic hydroxyl groups excluding tert-OH is 1. The van der Waals surface area contributed by atoms with Gasteiger partial charge in [-0.1, -0.05) is 0 Å². The van der Waals surface area contributed by atoms with Crippen molar-refractivity contribution in [2.24, 2.45) is 0 Å². The van der Waals surface area contributed by atoms with Crippen molar-refractivity contribution in [2.45, 2.75) is 6.92 Å². The first-order chi connectivity index (χ1) is 8.76. The number of aromatic nitrogens is 1. The maximum Gasteiger partial charge on any atom is 0.197 e. The maximum absolute atomic E-state index is 8.92. The number of hydrogen-bond acceptors (Lipinski definition) is 7. The monoisotopic (exact) mass is 272 g/mol. The number of β-amino-alcohol motifs (C(OH)–C–C–N with tert-alkyl or cyclic N) is 1. The molecule has 2 heterocycles. The van der Waals surface area contributed by atoms with Gasteiger partial charge in [0.15, 0.2) is 16.6 Å². The van der Waals surface area contributed by atoms with Crippen LogP contribution in [-0.2, 0) is 0 Å². The second kappa shape index (κ2) is 6.21. The molecule has 1 aliphatic heterocycles. The highest BCUT2D eigenvalue weighted by Gasteiger charge is 2.23. The second-order valence-electron chi connectivity index (χ2n) is 4.19. The van der Waals surface area contributed by atoms with Crippen LogP contribution < -0.4 is 15.4 Å². The number of nitrogens with zero attached hydrogens (tertiary/aromatic N) is 3. The highest BCUT2D eigenvalue weighted by molar-refractivity contribution is 7.11. The molecule has 1 fully saturated rings. The summed E-state index contributed by atoms with van der Waals surface area (Å²) in [5, 5.41) is 9.95. The van der Waals surface area contributed by atoms with Gasteiger partial charge in [0.05, 0.1) is 13.2 Å². The van der Waals surface area contributed by atoms with Gasteiger partial charge in [-0.15, -0.1) is 0 Å². The standard InChI is InChI=1S/C11H20N4O2S/c1-2-17-9-10(12)13-18-11(9)15-5-3-14(4-6-15)7-8-16/h16H,2-8H2,1H3,(H2,12,13). The van der Waals surface area contributed by atoms with Crippen molar-refractivity contribution in [3.63, 3.8) is 0 Å². The summed E-state index contributed by atoms with van der Waals surface area (Å²) >= 11 is 1.40. The summed E-state index contributed by atoms with van der Waals surface area (Å²) in [7, 11) is 0. The number of hydrogen-bond donors (Lipinski definition) is 2. The summed E-state index contributed by atoms with van der Waals surface area (Å²) in [5.41, 5.74) is 5.81. The molecule has 0 aromatic carbocycles. The summed E-state index contributed by atoms with van der Waals surface area (Å²) in [6.45, 7) is 7.24. The Bertz CT molecular complexity index is 377. The summed E-state index contributed by atoms with van der Waals surface area (Å²) < 4.78 is 9.73. The van der Waals surface area contributed by atoms with Gasteiger partial charge in [-0.2, -0.15) is 4.37 Å². The van der Waals surface area contributed by atoms with E-state index in [4.69, 9.17) is 15.6 Å². The van der Waals surface area contributed by atoms with Gasteiger partial charge in [0.1, 0.15) is 0 Å². The minimum Gasteiger partial charge on any atom is -0.487 e. The quantitative estimate of drug-likeness (QED) is 0.800. The zero-order valence-electron chi connectivity index (χ0n) is 10.6. The topological polar surface area (TPSA) is 74.9 Å². The van der Waals surface area contributed by atoms with Crippen LogP contribution in [0.2, 0.25) is 0 Å². The Balaban J connectivity index is 2.00. The van der Waals surface area contributed by atoms with Crippen LogP contribution in [0.3, 0.4) is 0 Å². The van der Waals surface area contributed by atoms with E-state index in [-0.39, 0.29) is 6.61 Å². The third kappa shape index (κ3) is 2.85. The van der Waals surface area contributed by atoms with Crippen molar-refractivity contribution in [1.29, 1.82) is 0 Å². The highest BCUT2D eigenvalue weighted by Crippen LogP contribution is 2.38. The molecular weight excluding hydrogens is 252 g/mol. The van der Waals surface area contributed by atoms with Crippen molar-refractivity contribution in [1.82, 2.24) is 9.27 Å². The molecule has 0 aliphatic carbocycles. The number of rotatable bonds is 5. The largest absolute Gasteiger partial charge is 0.487 e. The van der Waals surface area contributed by atoms with E-state index < -0.39 is 0 Å². The first-order valence-electron chi connectivity index (χ1n) is 6.22. The maximum atomic E-state index is 8.92. The van der Waals surface area contributed by atoms with Crippen LogP contribution in [0, 0.1) is 0 Å². The van der Waals surface area contributed by atoms with E-state index in [1.165, 1.54) is 11.5 Å². The summed E-state index contributed by atoms with van der Waals surface area (Å²) in [5.74, 6) is 1.20. The zero-order chi connectivity index (χ0) is 13.0. The van der Waals surface area contributed by atoms with Gasteiger partial charge in [0, 0.05) is 32.7 Å². The van der Waals surface area contributed by atoms with Crippen LogP contribution in [0.25, 0.3) is 0 Å². The van der Waals surface area contributed by atoms with E-state index in [9.17, 15) is 0 Å². The van der Waals surface area contributed by atoms with Gasteiger partial charge in [0.2, 0.25) is 0 Å². The molecule has 0 bridgehead atoms. The van der Waals surface area contributed by atoms with Gasteiger partial charge in [0.25, 0.3) is 0 Å². The average molecular weight is 272 g/mol. The lowest BCUT2D eigenvalue weighted by atomic mass is 10.3. The molecule has 2 rings (SSSR count). The number of piperazine rings is 1. The van der Waals surface area contributed by atoms with Crippen molar-refractivity contribution < 1.29 is 9.84 Å². The van der Waals surface area contributed by atoms with Gasteiger partial charge in [-0.25, -0.2) is 0 Å². The lowest BCUT2D eigenvalue weighted by Crippen LogP contribution is -2.47. The fourth-order valence-corrected chi connectivity index (χ4v) is 2.89. The second-order valence-corrected chi connectivity index (χ2v) is 4.94. The van der Waals surface area contributed by atoms with Gasteiger partial charge in [-0.3, -0.25) is 4.90 Å². The third-order valence-corrected chi connectivity index (χ3v) is 3.93. The molecule has 1 aromatic heterocycles. The molecule has 1 aromatic rings. The van der Waals surface area contributed by atoms with Crippen LogP contribution in [0.5, 0.6) is 5.75 Å². The molecule has 3 N–H and O–H groups in total. The molecule has 1 aliphatic rings. The Morgan fingerprint density at radius 3 is 2.72 bits per heavy atom. The minimum absolute atomic E-state index is 0.220. The van der Waals surface area contributed by atoms with Crippen LogP contribution >= 0.6 is 11.5 Å². The molecule has 0 unspecified atom stereocenters. The minimum atomic E-state index is 0.220. The van der Waals surface area contributed by atoms with Crippen LogP contribution in [-0.4, -0.2) is 60.3 Å². The first kappa shape index (κ1) is 13.4. The molecule has 0 amide bonds. The SMILES string of the molecule is CCOc1c(N)nsc1N1CCN(CCO)CC1. The van der Waals surface area contributed by atoms with Crippen molar-refractivity contribution >= 4 is 22.4 Å². The molecule has 18 heavy (non-hydrogen) atoms. The lowest BCUT2D eigenvalue weighted by Gasteiger charge is -2.34. The molecule has 7 heteroatoms. The van der Waals surface area contributed by atoms with E-state index in [1.54, 1.807) is 0 Å². The number of anilines is 2. The molecule has 6 nitrogen and oxygen atoms in total. The molecule has 1 saturated heterocycles. The van der Waals surface area contributed by atoms with Gasteiger partial charge in [-0.05, 0) is 18.5 Å². The number of aliphatic hydroxyl groups is 1. The zero-order valence-corrected chi connectivity index (χ0v) is 11.4. The average Bonchev–Trinajstić information content (AvgIpc) is 2.73. The Labute approximate surface area is 111 Å². The molecule has 0 atom stereocenters. The van der Waals surface area contributed by atoms with E-state index in [2.05, 4.69) is 14.2 Å². The van der Waals surface area contributed by atoms with E-state index >= 15 is 0 Å². The summed E-state index contributed by atoms with van der Waals surface area (Å²) in [4.78, 5) is 4.51. The van der Waals surface area contributed by atoms with E-state index in [0.717, 1.165) is 43.5 Å². The Morgan fingerprint density at radius 2 is 2.11 bits per heavy atom. The van der Waals surface area contributed by atoms with E-state index in [0.29, 0.717) is 12.4 Å². The van der Waals surface area contributed by atoms with Crippen LogP contribution in [0.1, 0.15) is 6.92 Å². The molecular formula is C11H20N4O2S. The molecule has 102 valence electrons. The molecule has 0 spiro atoms. The Hall–Kier alpha value is -1.05. The molecule has 0 saturated carbocycles. The summed E-state index contributed by atoms with van der Waals surface area (Å²) in [6.07, 6.45) is 0. The lowest BCUT2D eigenvalue weighted by molar-refractivity contribution is 0.188. The Kier molecular flexibility index (Phi) is 4.62. The number of nitrogen functional groups attached to an aromatic ring is 1. The van der Waals surface area contributed by atoms with E-state index in [1.807, 2.05) is 6.92 Å². The van der Waals surface area contributed by atoms with Crippen molar-refractivity contribution in [2.75, 3.05) is 56.6 Å². The first-order valence-corrected chi connectivity index (χ1v) is 6.99. The predicted molar refractivity (Wildman–Crippen MR) is 73.4 cm³/mol. The van der Waals surface area contributed by atoms with Crippen LogP contribution in [0.4, 0.5) is 10.8 Å². The fourth-order valence-electron chi connectivity index (χ4n) is 2.08. The summed E-state index contributed by atoms with van der Waals surface area (Å²) in [6, 6.07) is 0. The fraction of sp³-hybridized carbons (Fsp3) is 0.727. The smallest absolute Gasteiger partial charge is 0.197 e. The van der Waals surface area contributed by atoms with Gasteiger partial charge >= 0.3 is 0 Å². The van der Waals surface area contributed by atoms with Crippen molar-refractivity contribution in [3.05, 3.63) is 0 Å². The number of ether oxygens (including phenoxy) is 1. The number of nitrogens with two attached hydrogens (primary N) is 1. The highest BCUT2D eigenvalue weighted by atomic mass is 32.1. The van der Waals surface area contributed by atoms with Gasteiger partial charge < -0.3 is 20.5 Å². The van der Waals surface area contributed by atoms with Crippen LogP contribution in [0.15, 0.2) is 0 Å². The molecule has 0 radical (unpaired) electrons. The third-order valence-electron chi connectivity index (χ3n) is 3.02. The van der Waals surface area contributed by atoms with Crippen molar-refractivity contribution in [3.8, 4) is 5.75 Å². The normalized spacial score (nSPS) is 17.1. The predicted octanol–water partition coefficient (Wildman–Crippen LogP) is 0.238. The Morgan fingerprint density at radius 1 is 1.39 bits per heavy atom.